The molecule has 0 aliphatic heterocycles. The van der Waals surface area contributed by atoms with Gasteiger partial charge < -0.3 is 19.5 Å². The fraction of sp³-hybridized carbons (Fsp3) is 0.500. The molecule has 0 heterocycles. The number of benzene rings is 1. The molecule has 0 unspecified atom stereocenters. The van der Waals surface area contributed by atoms with E-state index < -0.39 is 0 Å². The van der Waals surface area contributed by atoms with Crippen LogP contribution in [-0.2, 0) is 11.3 Å². The zero-order valence-electron chi connectivity index (χ0n) is 12.6. The van der Waals surface area contributed by atoms with E-state index >= 15 is 0 Å². The number of hydrogen-bond donors (Lipinski definition) is 1. The number of carbonyl (C=O) groups is 1. The van der Waals surface area contributed by atoms with Crippen molar-refractivity contribution in [2.24, 2.45) is 0 Å². The number of rotatable bonds is 6. The monoisotopic (exact) mass is 282 g/mol. The van der Waals surface area contributed by atoms with Gasteiger partial charge in [-0.1, -0.05) is 0 Å². The predicted molar refractivity (Wildman–Crippen MR) is 76.2 cm³/mol. The van der Waals surface area contributed by atoms with Crippen molar-refractivity contribution in [3.63, 3.8) is 0 Å². The normalized spacial score (nSPS) is 10.5. The number of amides is 1. The summed E-state index contributed by atoms with van der Waals surface area (Å²) in [6.07, 6.45) is 0. The molecule has 0 spiro atoms. The lowest BCUT2D eigenvalue weighted by Gasteiger charge is -2.20. The molecule has 0 saturated carbocycles. The zero-order chi connectivity index (χ0) is 15.3. The van der Waals surface area contributed by atoms with Crippen molar-refractivity contribution >= 4 is 5.91 Å². The van der Waals surface area contributed by atoms with Gasteiger partial charge in [0.2, 0.25) is 11.7 Å². The summed E-state index contributed by atoms with van der Waals surface area (Å²) in [6, 6.07) is 3.46. The average molecular weight is 282 g/mol. The summed E-state index contributed by atoms with van der Waals surface area (Å²) in [5.41, 5.74) is 0.894. The van der Waals surface area contributed by atoms with Crippen LogP contribution >= 0.6 is 0 Å². The van der Waals surface area contributed by atoms with Crippen LogP contribution in [0.3, 0.4) is 0 Å². The molecule has 20 heavy (non-hydrogen) atoms. The molecule has 0 aromatic heterocycles. The lowest BCUT2D eigenvalue weighted by Crippen LogP contribution is -2.34. The van der Waals surface area contributed by atoms with Gasteiger partial charge in [-0.2, -0.15) is 0 Å². The fourth-order valence-corrected chi connectivity index (χ4v) is 1.78. The minimum atomic E-state index is -0.0224. The maximum atomic E-state index is 11.6. The maximum Gasteiger partial charge on any atom is 0.236 e. The molecule has 1 aromatic rings. The van der Waals surface area contributed by atoms with Crippen LogP contribution in [0.1, 0.15) is 5.56 Å². The molecular formula is C14H22N2O4. The minimum absolute atomic E-state index is 0.0224. The largest absolute Gasteiger partial charge is 0.502 e. The fourth-order valence-electron chi connectivity index (χ4n) is 1.78. The van der Waals surface area contributed by atoms with E-state index in [0.29, 0.717) is 24.6 Å². The Hall–Kier alpha value is -1.95. The molecule has 0 aliphatic rings. The molecule has 0 atom stereocenters. The van der Waals surface area contributed by atoms with Crippen LogP contribution < -0.4 is 9.47 Å². The highest BCUT2D eigenvalue weighted by atomic mass is 16.5. The van der Waals surface area contributed by atoms with E-state index in [4.69, 9.17) is 9.47 Å². The number of aromatic hydroxyl groups is 1. The van der Waals surface area contributed by atoms with Crippen LogP contribution in [0.15, 0.2) is 12.1 Å². The number of phenolic OH excluding ortho intramolecular Hbond substituents is 1. The van der Waals surface area contributed by atoms with E-state index in [9.17, 15) is 9.90 Å². The highest BCUT2D eigenvalue weighted by Gasteiger charge is 2.14. The van der Waals surface area contributed by atoms with Crippen LogP contribution in [0.2, 0.25) is 0 Å². The van der Waals surface area contributed by atoms with E-state index in [1.807, 2.05) is 11.9 Å². The quantitative estimate of drug-likeness (QED) is 0.841. The Balaban J connectivity index is 2.84. The number of likely N-dealkylation sites (N-methyl/N-ethyl adjacent to an activating group) is 2. The summed E-state index contributed by atoms with van der Waals surface area (Å²) in [6.45, 7) is 0.866. The molecule has 1 rings (SSSR count). The second-order valence-electron chi connectivity index (χ2n) is 4.81. The number of ether oxygens (including phenoxy) is 2. The maximum absolute atomic E-state index is 11.6. The molecule has 0 radical (unpaired) electrons. The van der Waals surface area contributed by atoms with Gasteiger partial charge in [-0.3, -0.25) is 9.69 Å². The predicted octanol–water partition coefficient (Wildman–Crippen LogP) is 0.929. The Morgan fingerprint density at radius 1 is 1.15 bits per heavy atom. The molecule has 0 bridgehead atoms. The molecule has 6 nitrogen and oxygen atoms in total. The first-order valence-electron chi connectivity index (χ1n) is 6.21. The molecule has 0 saturated heterocycles. The summed E-state index contributed by atoms with van der Waals surface area (Å²) < 4.78 is 10.2. The van der Waals surface area contributed by atoms with Crippen molar-refractivity contribution < 1.29 is 19.4 Å². The highest BCUT2D eigenvalue weighted by molar-refractivity contribution is 5.77. The Morgan fingerprint density at radius 2 is 1.65 bits per heavy atom. The topological polar surface area (TPSA) is 62.2 Å². The van der Waals surface area contributed by atoms with Gasteiger partial charge in [-0.15, -0.1) is 0 Å². The third-order valence-corrected chi connectivity index (χ3v) is 2.90. The molecular weight excluding hydrogens is 260 g/mol. The van der Waals surface area contributed by atoms with Gasteiger partial charge in [0.05, 0.1) is 20.8 Å². The first kappa shape index (κ1) is 16.1. The third-order valence-electron chi connectivity index (χ3n) is 2.90. The van der Waals surface area contributed by atoms with Crippen LogP contribution in [0.4, 0.5) is 0 Å². The first-order valence-corrected chi connectivity index (χ1v) is 6.21. The van der Waals surface area contributed by atoms with Crippen molar-refractivity contribution in [2.75, 3.05) is 41.9 Å². The third kappa shape index (κ3) is 4.03. The van der Waals surface area contributed by atoms with Crippen LogP contribution in [0, 0.1) is 0 Å². The van der Waals surface area contributed by atoms with Crippen molar-refractivity contribution in [2.45, 2.75) is 6.54 Å². The van der Waals surface area contributed by atoms with E-state index in [0.717, 1.165) is 5.56 Å². The smallest absolute Gasteiger partial charge is 0.236 e. The summed E-state index contributed by atoms with van der Waals surface area (Å²) in [7, 11) is 8.27. The Labute approximate surface area is 119 Å². The Morgan fingerprint density at radius 3 is 2.05 bits per heavy atom. The second-order valence-corrected chi connectivity index (χ2v) is 4.81. The van der Waals surface area contributed by atoms with Crippen LogP contribution in [0.25, 0.3) is 0 Å². The lowest BCUT2D eigenvalue weighted by atomic mass is 10.1. The number of hydrogen-bond acceptors (Lipinski definition) is 5. The average Bonchev–Trinajstić information content (AvgIpc) is 2.40. The molecule has 0 fully saturated rings. The molecule has 112 valence electrons. The summed E-state index contributed by atoms with van der Waals surface area (Å²) in [4.78, 5) is 15.1. The molecule has 1 amide bonds. The summed E-state index contributed by atoms with van der Waals surface area (Å²) in [5.74, 6) is 0.717. The van der Waals surface area contributed by atoms with Crippen molar-refractivity contribution in [1.82, 2.24) is 9.80 Å². The van der Waals surface area contributed by atoms with Gasteiger partial charge in [0.1, 0.15) is 0 Å². The van der Waals surface area contributed by atoms with Crippen molar-refractivity contribution in [3.8, 4) is 17.2 Å². The number of methoxy groups -OCH3 is 2. The summed E-state index contributed by atoms with van der Waals surface area (Å²) in [5, 5.41) is 9.84. The Bertz CT molecular complexity index is 449. The summed E-state index contributed by atoms with van der Waals surface area (Å²) >= 11 is 0. The lowest BCUT2D eigenvalue weighted by molar-refractivity contribution is -0.129. The molecule has 1 aromatic carbocycles. The van der Waals surface area contributed by atoms with E-state index in [-0.39, 0.29) is 11.7 Å². The van der Waals surface area contributed by atoms with Gasteiger partial charge in [0, 0.05) is 20.6 Å². The van der Waals surface area contributed by atoms with E-state index in [1.165, 1.54) is 14.2 Å². The standard InChI is InChI=1S/C14H22N2O4/c1-15(2)13(17)9-16(3)8-10-6-11(19-4)14(18)12(7-10)20-5/h6-7,18H,8-9H2,1-5H3. The van der Waals surface area contributed by atoms with Gasteiger partial charge in [0.15, 0.2) is 11.5 Å². The number of phenols is 1. The minimum Gasteiger partial charge on any atom is -0.502 e. The zero-order valence-corrected chi connectivity index (χ0v) is 12.6. The number of nitrogens with zero attached hydrogens (tertiary/aromatic N) is 2. The molecule has 1 N–H and O–H groups in total. The van der Waals surface area contributed by atoms with Gasteiger partial charge in [-0.25, -0.2) is 0 Å². The van der Waals surface area contributed by atoms with Crippen LogP contribution in [0.5, 0.6) is 17.2 Å². The van der Waals surface area contributed by atoms with Gasteiger partial charge in [0.25, 0.3) is 0 Å². The highest BCUT2D eigenvalue weighted by Crippen LogP contribution is 2.37. The van der Waals surface area contributed by atoms with Crippen molar-refractivity contribution in [1.29, 1.82) is 0 Å². The van der Waals surface area contributed by atoms with Gasteiger partial charge >= 0.3 is 0 Å². The second kappa shape index (κ2) is 7.00. The van der Waals surface area contributed by atoms with Crippen LogP contribution in [-0.4, -0.2) is 62.7 Å². The van der Waals surface area contributed by atoms with E-state index in [1.54, 1.807) is 31.1 Å². The molecule has 6 heteroatoms. The molecule has 0 aliphatic carbocycles. The first-order chi connectivity index (χ1) is 9.38. The van der Waals surface area contributed by atoms with Crippen molar-refractivity contribution in [3.05, 3.63) is 17.7 Å². The van der Waals surface area contributed by atoms with E-state index in [2.05, 4.69) is 0 Å². The number of carbonyl (C=O) groups excluding carboxylic acids is 1. The Kier molecular flexibility index (Phi) is 5.64. The SMILES string of the molecule is COc1cc(CN(C)CC(=O)N(C)C)cc(OC)c1O. The van der Waals surface area contributed by atoms with Gasteiger partial charge in [-0.05, 0) is 24.7 Å².